The molecule has 1 aliphatic heterocycles. The lowest BCUT2D eigenvalue weighted by Gasteiger charge is -2.32. The van der Waals surface area contributed by atoms with Crippen LogP contribution < -0.4 is 5.56 Å². The van der Waals surface area contributed by atoms with Crippen molar-refractivity contribution in [2.45, 2.75) is 37.1 Å². The van der Waals surface area contributed by atoms with Crippen LogP contribution in [0.5, 0.6) is 0 Å². The molecular weight excluding hydrogens is 526 g/mol. The van der Waals surface area contributed by atoms with Crippen molar-refractivity contribution in [3.63, 3.8) is 0 Å². The summed E-state index contributed by atoms with van der Waals surface area (Å²) in [4.78, 5) is 13.5. The largest absolute Gasteiger partial charge is 0.316 e. The Labute approximate surface area is 232 Å². The fourth-order valence-electron chi connectivity index (χ4n) is 5.99. The number of pyridine rings is 1. The number of sulfonamides is 1. The van der Waals surface area contributed by atoms with Gasteiger partial charge in [0.15, 0.2) is 0 Å². The molecule has 2 aromatic carbocycles. The van der Waals surface area contributed by atoms with E-state index in [0.29, 0.717) is 31.5 Å². The Hall–Kier alpha value is -4.09. The number of rotatable bonds is 6. The van der Waals surface area contributed by atoms with Crippen LogP contribution in [-0.2, 0) is 36.0 Å². The van der Waals surface area contributed by atoms with E-state index in [-0.39, 0.29) is 10.6 Å². The highest BCUT2D eigenvalue weighted by Crippen LogP contribution is 2.42. The molecule has 0 aliphatic carbocycles. The predicted molar refractivity (Wildman–Crippen MR) is 152 cm³/mol. The Kier molecular flexibility index (Phi) is 6.23. The third-order valence-electron chi connectivity index (χ3n) is 7.96. The predicted octanol–water partition coefficient (Wildman–Crippen LogP) is 3.04. The lowest BCUT2D eigenvalue weighted by atomic mass is 9.73. The van der Waals surface area contributed by atoms with Crippen molar-refractivity contribution in [3.05, 3.63) is 99.7 Å². The Balaban J connectivity index is 1.45. The van der Waals surface area contributed by atoms with E-state index in [4.69, 9.17) is 0 Å². The van der Waals surface area contributed by atoms with E-state index < -0.39 is 15.4 Å². The van der Waals surface area contributed by atoms with Gasteiger partial charge in [-0.15, -0.1) is 5.10 Å². The number of aryl methyl sites for hydroxylation is 4. The van der Waals surface area contributed by atoms with E-state index in [1.165, 1.54) is 11.0 Å². The van der Waals surface area contributed by atoms with Crippen LogP contribution in [-0.4, -0.2) is 55.2 Å². The quantitative estimate of drug-likeness (QED) is 0.318. The van der Waals surface area contributed by atoms with Crippen LogP contribution in [0.1, 0.15) is 28.7 Å². The lowest BCUT2D eigenvalue weighted by Crippen LogP contribution is -2.36. The van der Waals surface area contributed by atoms with Gasteiger partial charge in [0.25, 0.3) is 15.6 Å². The van der Waals surface area contributed by atoms with Gasteiger partial charge in [-0.1, -0.05) is 30.3 Å². The Morgan fingerprint density at radius 2 is 1.75 bits per heavy atom. The molecule has 1 unspecified atom stereocenters. The highest BCUT2D eigenvalue weighted by Gasteiger charge is 2.45. The van der Waals surface area contributed by atoms with Gasteiger partial charge >= 0.3 is 0 Å². The first kappa shape index (κ1) is 26.1. The first-order valence-electron chi connectivity index (χ1n) is 13.1. The average molecular weight is 558 g/mol. The highest BCUT2D eigenvalue weighted by molar-refractivity contribution is 7.89. The first-order valence-corrected chi connectivity index (χ1v) is 14.6. The third-order valence-corrected chi connectivity index (χ3v) is 9.67. The summed E-state index contributed by atoms with van der Waals surface area (Å²) >= 11 is 0. The van der Waals surface area contributed by atoms with Crippen molar-refractivity contribution in [2.24, 2.45) is 14.1 Å². The number of aromatic nitrogens is 6. The topological polar surface area (TPSA) is 108 Å². The van der Waals surface area contributed by atoms with E-state index in [0.717, 1.165) is 33.3 Å². The van der Waals surface area contributed by atoms with Crippen LogP contribution in [0.4, 0.5) is 0 Å². The van der Waals surface area contributed by atoms with E-state index >= 15 is 0 Å². The molecule has 1 saturated heterocycles. The zero-order valence-corrected chi connectivity index (χ0v) is 23.8. The van der Waals surface area contributed by atoms with E-state index in [2.05, 4.69) is 46.5 Å². The fraction of sp³-hybridized carbons (Fsp3) is 0.310. The minimum atomic E-state index is -3.79. The minimum absolute atomic E-state index is 0.0356. The summed E-state index contributed by atoms with van der Waals surface area (Å²) in [6, 6.07) is 16.3. The van der Waals surface area contributed by atoms with Gasteiger partial charge < -0.3 is 4.57 Å². The summed E-state index contributed by atoms with van der Waals surface area (Å²) in [5, 5.41) is 13.6. The van der Waals surface area contributed by atoms with Crippen LogP contribution >= 0.6 is 0 Å². The Morgan fingerprint density at radius 3 is 2.45 bits per heavy atom. The number of benzene rings is 2. The zero-order valence-electron chi connectivity index (χ0n) is 22.9. The molecule has 1 fully saturated rings. The summed E-state index contributed by atoms with van der Waals surface area (Å²) in [5.41, 5.74) is 5.22. The molecule has 1 atom stereocenters. The molecule has 5 aromatic rings. The van der Waals surface area contributed by atoms with E-state index in [9.17, 15) is 13.2 Å². The average Bonchev–Trinajstić information content (AvgIpc) is 3.66. The molecule has 10 nitrogen and oxygen atoms in total. The summed E-state index contributed by atoms with van der Waals surface area (Å²) in [5.74, 6) is 0. The van der Waals surface area contributed by atoms with Crippen LogP contribution in [0.2, 0.25) is 0 Å². The molecule has 40 heavy (non-hydrogen) atoms. The van der Waals surface area contributed by atoms with Crippen molar-refractivity contribution in [2.75, 3.05) is 13.1 Å². The first-order chi connectivity index (χ1) is 19.1. The van der Waals surface area contributed by atoms with Crippen molar-refractivity contribution in [3.8, 4) is 5.69 Å². The molecule has 6 rings (SSSR count). The van der Waals surface area contributed by atoms with Gasteiger partial charge in [0, 0.05) is 49.7 Å². The molecule has 4 heterocycles. The second kappa shape index (κ2) is 9.53. The summed E-state index contributed by atoms with van der Waals surface area (Å²) in [7, 11) is -0.446. The zero-order chi connectivity index (χ0) is 28.2. The number of hydrogen-bond donors (Lipinski definition) is 0. The monoisotopic (exact) mass is 557 g/mol. The van der Waals surface area contributed by atoms with E-state index in [1.54, 1.807) is 36.1 Å². The van der Waals surface area contributed by atoms with Gasteiger partial charge in [0.1, 0.15) is 0 Å². The maximum Gasteiger partial charge on any atom is 0.264 e. The smallest absolute Gasteiger partial charge is 0.264 e. The number of fused-ring (bicyclic) bond motifs is 1. The van der Waals surface area contributed by atoms with Crippen LogP contribution in [0.25, 0.3) is 16.6 Å². The number of nitrogens with zero attached hydrogens (tertiary/aromatic N) is 7. The molecule has 0 radical (unpaired) electrons. The molecule has 0 bridgehead atoms. The molecule has 0 spiro atoms. The molecule has 3 aromatic heterocycles. The van der Waals surface area contributed by atoms with E-state index in [1.807, 2.05) is 35.1 Å². The summed E-state index contributed by atoms with van der Waals surface area (Å²) in [6.07, 6.45) is 6.29. The standard InChI is InChI=1S/C29H31N7O3S/c1-20-13-26-23(16-31-36(26)24-12-21(2)28(37)33(3)18-24)14-25(20)29(15-22-8-6-5-7-9-22)10-11-35(19-29)40(38,39)27-17-30-34(4)32-27/h5-9,12-14,16-18H,10-11,15,19H2,1-4H3. The van der Waals surface area contributed by atoms with Crippen LogP contribution in [0.15, 0.2) is 76.9 Å². The van der Waals surface area contributed by atoms with Crippen molar-refractivity contribution in [1.29, 1.82) is 0 Å². The summed E-state index contributed by atoms with van der Waals surface area (Å²) in [6.45, 7) is 4.60. The van der Waals surface area contributed by atoms with Gasteiger partial charge in [0.2, 0.25) is 5.03 Å². The lowest BCUT2D eigenvalue weighted by molar-refractivity contribution is 0.412. The second-order valence-electron chi connectivity index (χ2n) is 10.8. The minimum Gasteiger partial charge on any atom is -0.316 e. The maximum atomic E-state index is 13.5. The van der Waals surface area contributed by atoms with Gasteiger partial charge in [-0.05, 0) is 61.6 Å². The van der Waals surface area contributed by atoms with Crippen molar-refractivity contribution in [1.82, 2.24) is 33.6 Å². The van der Waals surface area contributed by atoms with Gasteiger partial charge in [0.05, 0.1) is 23.6 Å². The van der Waals surface area contributed by atoms with Gasteiger partial charge in [-0.3, -0.25) is 4.79 Å². The molecule has 11 heteroatoms. The van der Waals surface area contributed by atoms with Gasteiger partial charge in [-0.2, -0.15) is 19.3 Å². The molecule has 0 saturated carbocycles. The van der Waals surface area contributed by atoms with Crippen LogP contribution in [0, 0.1) is 13.8 Å². The molecule has 1 aliphatic rings. The second-order valence-corrected chi connectivity index (χ2v) is 12.7. The van der Waals surface area contributed by atoms with Crippen molar-refractivity contribution < 1.29 is 8.42 Å². The normalized spacial score (nSPS) is 18.1. The molecule has 206 valence electrons. The Bertz CT molecular complexity index is 1880. The maximum absolute atomic E-state index is 13.5. The fourth-order valence-corrected chi connectivity index (χ4v) is 7.41. The number of hydrogen-bond acceptors (Lipinski definition) is 6. The van der Waals surface area contributed by atoms with Crippen LogP contribution in [0.3, 0.4) is 0 Å². The molecule has 0 amide bonds. The third kappa shape index (κ3) is 4.35. The summed E-state index contributed by atoms with van der Waals surface area (Å²) < 4.78 is 32.0. The highest BCUT2D eigenvalue weighted by atomic mass is 32.2. The molecule has 0 N–H and O–H groups in total. The molecular formula is C29H31N7O3S. The van der Waals surface area contributed by atoms with Crippen molar-refractivity contribution >= 4 is 20.9 Å². The van der Waals surface area contributed by atoms with Gasteiger partial charge in [-0.25, -0.2) is 13.1 Å². The Morgan fingerprint density at radius 1 is 0.975 bits per heavy atom. The SMILES string of the molecule is Cc1cc2c(cnn2-c2cc(C)c(=O)n(C)c2)cc1C1(Cc2ccccc2)CCN(S(=O)(=O)c2cnn(C)n2)C1.